The highest BCUT2D eigenvalue weighted by Gasteiger charge is 2.56. The van der Waals surface area contributed by atoms with Gasteiger partial charge in [-0.1, -0.05) is 18.6 Å². The summed E-state index contributed by atoms with van der Waals surface area (Å²) in [6.45, 7) is 0.874. The molecule has 134 valence electrons. The second-order valence-corrected chi connectivity index (χ2v) is 7.80. The standard InChI is InChI=1S/C19H23FN2O3/c20-15-5-3-12(4-6-15)13-8-16(9-13)21-18(25)22-10-14-2-1-7-19(14,11-22)17(23)24/h3-6,13-14,16H,1-2,7-11H2,(H,21,25)(H,23,24)/t13?,14-,16?,19+/m0/s1. The number of nitrogens with zero attached hydrogens (tertiary/aromatic N) is 1. The maximum absolute atomic E-state index is 13.0. The van der Waals surface area contributed by atoms with Crippen LogP contribution in [0.3, 0.4) is 0 Å². The molecule has 0 radical (unpaired) electrons. The Bertz CT molecular complexity index is 686. The van der Waals surface area contributed by atoms with Gasteiger partial charge in [-0.05, 0) is 55.2 Å². The normalized spacial score (nSPS) is 33.6. The van der Waals surface area contributed by atoms with Crippen LogP contribution in [0.25, 0.3) is 0 Å². The van der Waals surface area contributed by atoms with Gasteiger partial charge in [-0.2, -0.15) is 0 Å². The van der Waals surface area contributed by atoms with Crippen LogP contribution in [-0.2, 0) is 4.79 Å². The fraction of sp³-hybridized carbons (Fsp3) is 0.579. The van der Waals surface area contributed by atoms with Crippen molar-refractivity contribution in [3.05, 3.63) is 35.6 Å². The second-order valence-electron chi connectivity index (χ2n) is 7.80. The first-order valence-corrected chi connectivity index (χ1v) is 9.02. The number of likely N-dealkylation sites (tertiary alicyclic amines) is 1. The first-order chi connectivity index (χ1) is 12.0. The van der Waals surface area contributed by atoms with Gasteiger partial charge in [0.15, 0.2) is 0 Å². The molecule has 2 aliphatic carbocycles. The van der Waals surface area contributed by atoms with Gasteiger partial charge in [-0.15, -0.1) is 0 Å². The maximum Gasteiger partial charge on any atom is 0.317 e. The number of benzene rings is 1. The molecular formula is C19H23FN2O3. The van der Waals surface area contributed by atoms with Gasteiger partial charge in [0.1, 0.15) is 5.82 Å². The van der Waals surface area contributed by atoms with E-state index in [9.17, 15) is 19.1 Å². The Morgan fingerprint density at radius 1 is 1.24 bits per heavy atom. The molecule has 0 unspecified atom stereocenters. The molecule has 25 heavy (non-hydrogen) atoms. The van der Waals surface area contributed by atoms with Crippen molar-refractivity contribution in [1.82, 2.24) is 10.2 Å². The van der Waals surface area contributed by atoms with Crippen molar-refractivity contribution in [3.63, 3.8) is 0 Å². The molecule has 1 heterocycles. The fourth-order valence-electron chi connectivity index (χ4n) is 4.80. The average Bonchev–Trinajstić information content (AvgIpc) is 3.09. The van der Waals surface area contributed by atoms with Gasteiger partial charge >= 0.3 is 12.0 Å². The van der Waals surface area contributed by atoms with E-state index in [-0.39, 0.29) is 23.8 Å². The molecule has 1 saturated heterocycles. The predicted molar refractivity (Wildman–Crippen MR) is 89.7 cm³/mol. The minimum absolute atomic E-state index is 0.0871. The lowest BCUT2D eigenvalue weighted by atomic mass is 9.76. The number of amides is 2. The van der Waals surface area contributed by atoms with E-state index in [1.165, 1.54) is 12.1 Å². The third kappa shape index (κ3) is 2.77. The third-order valence-corrected chi connectivity index (χ3v) is 6.39. The van der Waals surface area contributed by atoms with Crippen molar-refractivity contribution >= 4 is 12.0 Å². The molecule has 0 spiro atoms. The summed E-state index contributed by atoms with van der Waals surface area (Å²) in [5.41, 5.74) is 0.376. The molecule has 3 aliphatic rings. The molecule has 2 amide bonds. The van der Waals surface area contributed by atoms with E-state index in [1.54, 1.807) is 17.0 Å². The highest BCUT2D eigenvalue weighted by Crippen LogP contribution is 2.49. The molecule has 1 aromatic carbocycles. The predicted octanol–water partition coefficient (Wildman–Crippen LogP) is 2.97. The first-order valence-electron chi connectivity index (χ1n) is 9.02. The number of carboxylic acid groups (broad SMARTS) is 1. The Morgan fingerprint density at radius 2 is 1.96 bits per heavy atom. The van der Waals surface area contributed by atoms with E-state index in [4.69, 9.17) is 0 Å². The van der Waals surface area contributed by atoms with Crippen molar-refractivity contribution in [1.29, 1.82) is 0 Å². The van der Waals surface area contributed by atoms with E-state index >= 15 is 0 Å². The van der Waals surface area contributed by atoms with Crippen LogP contribution in [0.2, 0.25) is 0 Å². The van der Waals surface area contributed by atoms with Gasteiger partial charge in [-0.25, -0.2) is 9.18 Å². The summed E-state index contributed by atoms with van der Waals surface area (Å²) in [5.74, 6) is -0.552. The number of aliphatic carboxylic acids is 1. The molecule has 6 heteroatoms. The van der Waals surface area contributed by atoms with Crippen LogP contribution in [0.15, 0.2) is 24.3 Å². The molecular weight excluding hydrogens is 323 g/mol. The van der Waals surface area contributed by atoms with E-state index < -0.39 is 11.4 Å². The summed E-state index contributed by atoms with van der Waals surface area (Å²) in [4.78, 5) is 25.9. The van der Waals surface area contributed by atoms with Crippen LogP contribution in [0.4, 0.5) is 9.18 Å². The zero-order valence-electron chi connectivity index (χ0n) is 14.1. The van der Waals surface area contributed by atoms with Gasteiger partial charge < -0.3 is 15.3 Å². The van der Waals surface area contributed by atoms with Gasteiger partial charge in [0.25, 0.3) is 0 Å². The second kappa shape index (κ2) is 6.00. The number of carbonyl (C=O) groups excluding carboxylic acids is 1. The number of carboxylic acids is 1. The molecule has 2 atom stereocenters. The molecule has 5 nitrogen and oxygen atoms in total. The number of carbonyl (C=O) groups is 2. The summed E-state index contributed by atoms with van der Waals surface area (Å²) in [6.07, 6.45) is 4.20. The zero-order chi connectivity index (χ0) is 17.6. The third-order valence-electron chi connectivity index (χ3n) is 6.39. The minimum atomic E-state index is -0.759. The van der Waals surface area contributed by atoms with Crippen LogP contribution < -0.4 is 5.32 Å². The number of hydrogen-bond acceptors (Lipinski definition) is 2. The number of fused-ring (bicyclic) bond motifs is 1. The number of urea groups is 1. The molecule has 0 aromatic heterocycles. The van der Waals surface area contributed by atoms with E-state index in [0.29, 0.717) is 25.4 Å². The average molecular weight is 346 g/mol. The highest BCUT2D eigenvalue weighted by molar-refractivity contribution is 5.80. The molecule has 0 bridgehead atoms. The fourth-order valence-corrected chi connectivity index (χ4v) is 4.80. The minimum Gasteiger partial charge on any atom is -0.481 e. The smallest absolute Gasteiger partial charge is 0.317 e. The Hall–Kier alpha value is -2.11. The first kappa shape index (κ1) is 16.4. The Balaban J connectivity index is 1.31. The SMILES string of the molecule is O=C(NC1CC(c2ccc(F)cc2)C1)N1C[C@@H]2CCC[C@@]2(C(=O)O)C1. The Labute approximate surface area is 146 Å². The van der Waals surface area contributed by atoms with Crippen molar-refractivity contribution in [2.45, 2.75) is 44.1 Å². The van der Waals surface area contributed by atoms with Crippen LogP contribution >= 0.6 is 0 Å². The largest absolute Gasteiger partial charge is 0.481 e. The molecule has 1 aliphatic heterocycles. The molecule has 2 N–H and O–H groups in total. The van der Waals surface area contributed by atoms with E-state index in [2.05, 4.69) is 5.32 Å². The van der Waals surface area contributed by atoms with Crippen molar-refractivity contribution in [2.24, 2.45) is 11.3 Å². The zero-order valence-corrected chi connectivity index (χ0v) is 14.1. The number of halogens is 1. The lowest BCUT2D eigenvalue weighted by molar-refractivity contribution is -0.149. The maximum atomic E-state index is 13.0. The van der Waals surface area contributed by atoms with Gasteiger partial charge in [0.2, 0.25) is 0 Å². The summed E-state index contributed by atoms with van der Waals surface area (Å²) < 4.78 is 13.0. The van der Waals surface area contributed by atoms with Crippen LogP contribution in [-0.4, -0.2) is 41.1 Å². The lowest BCUT2D eigenvalue weighted by Crippen LogP contribution is -2.49. The quantitative estimate of drug-likeness (QED) is 0.884. The van der Waals surface area contributed by atoms with E-state index in [1.807, 2.05) is 0 Å². The monoisotopic (exact) mass is 346 g/mol. The number of hydrogen-bond donors (Lipinski definition) is 2. The van der Waals surface area contributed by atoms with Crippen molar-refractivity contribution in [3.8, 4) is 0 Å². The summed E-state index contributed by atoms with van der Waals surface area (Å²) in [6, 6.07) is 6.51. The van der Waals surface area contributed by atoms with Crippen molar-refractivity contribution < 1.29 is 19.1 Å². The molecule has 2 saturated carbocycles. The van der Waals surface area contributed by atoms with Crippen molar-refractivity contribution in [2.75, 3.05) is 13.1 Å². The summed E-state index contributed by atoms with van der Waals surface area (Å²) in [5, 5.41) is 12.6. The van der Waals surface area contributed by atoms with Gasteiger partial charge in [0, 0.05) is 19.1 Å². The molecule has 1 aromatic rings. The van der Waals surface area contributed by atoms with Crippen LogP contribution in [0.5, 0.6) is 0 Å². The van der Waals surface area contributed by atoms with E-state index in [0.717, 1.165) is 31.2 Å². The van der Waals surface area contributed by atoms with Crippen LogP contribution in [0, 0.1) is 17.2 Å². The Kier molecular flexibility index (Phi) is 3.93. The molecule has 3 fully saturated rings. The van der Waals surface area contributed by atoms with Crippen LogP contribution in [0.1, 0.15) is 43.6 Å². The number of nitrogens with one attached hydrogen (secondary N) is 1. The lowest BCUT2D eigenvalue weighted by Gasteiger charge is -2.37. The number of rotatable bonds is 3. The van der Waals surface area contributed by atoms with Gasteiger partial charge in [-0.3, -0.25) is 4.79 Å². The topological polar surface area (TPSA) is 69.6 Å². The highest BCUT2D eigenvalue weighted by atomic mass is 19.1. The van der Waals surface area contributed by atoms with Gasteiger partial charge in [0.05, 0.1) is 5.41 Å². The summed E-state index contributed by atoms with van der Waals surface area (Å²) >= 11 is 0. The molecule has 4 rings (SSSR count). The Morgan fingerprint density at radius 3 is 2.60 bits per heavy atom. The summed E-state index contributed by atoms with van der Waals surface area (Å²) in [7, 11) is 0.